The molecule has 0 aliphatic carbocycles. The van der Waals surface area contributed by atoms with Crippen molar-refractivity contribution in [3.63, 3.8) is 0 Å². The summed E-state index contributed by atoms with van der Waals surface area (Å²) in [6.45, 7) is 3.61. The SMILES string of the molecule is CC(C)S[C@@H]1O[C@H](COC(=O)c2ccc(Cl)cc2)[C@H](O)[C@H](O)[C@H]1O. The van der Waals surface area contributed by atoms with Crippen LogP contribution in [0.4, 0.5) is 0 Å². The fourth-order valence-electron chi connectivity index (χ4n) is 2.26. The summed E-state index contributed by atoms with van der Waals surface area (Å²) < 4.78 is 10.7. The number of ether oxygens (including phenoxy) is 2. The molecule has 0 saturated carbocycles. The van der Waals surface area contributed by atoms with Crippen molar-refractivity contribution in [2.75, 3.05) is 6.61 Å². The molecule has 1 aliphatic rings. The molecule has 1 aromatic rings. The normalized spacial score (nSPS) is 30.4. The summed E-state index contributed by atoms with van der Waals surface area (Å²) in [5.41, 5.74) is -0.388. The van der Waals surface area contributed by atoms with E-state index in [9.17, 15) is 20.1 Å². The van der Waals surface area contributed by atoms with E-state index in [1.54, 1.807) is 12.1 Å². The lowest BCUT2D eigenvalue weighted by atomic mass is 10.0. The molecular weight excluding hydrogens is 356 g/mol. The third-order valence-corrected chi connectivity index (χ3v) is 4.99. The Labute approximate surface area is 149 Å². The molecular formula is C16H21ClO6S. The van der Waals surface area contributed by atoms with Gasteiger partial charge in [-0.1, -0.05) is 25.4 Å². The van der Waals surface area contributed by atoms with Crippen LogP contribution in [-0.4, -0.2) is 63.0 Å². The van der Waals surface area contributed by atoms with Crippen LogP contribution >= 0.6 is 23.4 Å². The molecule has 8 heteroatoms. The van der Waals surface area contributed by atoms with Gasteiger partial charge < -0.3 is 24.8 Å². The zero-order chi connectivity index (χ0) is 17.9. The molecule has 0 bridgehead atoms. The molecule has 0 spiro atoms. The van der Waals surface area contributed by atoms with E-state index in [4.69, 9.17) is 21.1 Å². The number of aliphatic hydroxyl groups is 3. The van der Waals surface area contributed by atoms with Crippen molar-refractivity contribution < 1.29 is 29.6 Å². The first-order valence-electron chi connectivity index (χ1n) is 7.57. The lowest BCUT2D eigenvalue weighted by Gasteiger charge is -2.40. The highest BCUT2D eigenvalue weighted by atomic mass is 35.5. The number of hydrogen-bond donors (Lipinski definition) is 3. The molecule has 0 radical (unpaired) electrons. The number of halogens is 1. The quantitative estimate of drug-likeness (QED) is 0.669. The Bertz CT molecular complexity index is 552. The summed E-state index contributed by atoms with van der Waals surface area (Å²) in [6.07, 6.45) is -4.84. The van der Waals surface area contributed by atoms with Gasteiger partial charge in [-0.05, 0) is 24.3 Å². The first-order chi connectivity index (χ1) is 11.3. The largest absolute Gasteiger partial charge is 0.459 e. The molecule has 1 aromatic carbocycles. The Hall–Kier alpha value is -0.830. The minimum atomic E-state index is -1.37. The Kier molecular flexibility index (Phi) is 6.91. The summed E-state index contributed by atoms with van der Waals surface area (Å²) in [7, 11) is 0. The number of aliphatic hydroxyl groups excluding tert-OH is 3. The third kappa shape index (κ3) is 4.84. The van der Waals surface area contributed by atoms with Gasteiger partial charge in [0.2, 0.25) is 0 Å². The van der Waals surface area contributed by atoms with Crippen molar-refractivity contribution in [2.45, 2.75) is 48.9 Å². The molecule has 6 nitrogen and oxygen atoms in total. The number of carbonyl (C=O) groups excluding carboxylic acids is 1. The summed E-state index contributed by atoms with van der Waals surface area (Å²) in [6, 6.07) is 6.19. The smallest absolute Gasteiger partial charge is 0.338 e. The molecule has 0 unspecified atom stereocenters. The van der Waals surface area contributed by atoms with Crippen molar-refractivity contribution in [2.24, 2.45) is 0 Å². The second-order valence-corrected chi connectivity index (χ2v) is 7.92. The van der Waals surface area contributed by atoms with Gasteiger partial charge in [0, 0.05) is 10.3 Å². The Morgan fingerprint density at radius 1 is 1.21 bits per heavy atom. The number of hydrogen-bond acceptors (Lipinski definition) is 7. The molecule has 1 aliphatic heterocycles. The molecule has 1 heterocycles. The predicted octanol–water partition coefficient (Wildman–Crippen LogP) is 1.45. The first kappa shape index (κ1) is 19.5. The van der Waals surface area contributed by atoms with Crippen LogP contribution in [0.5, 0.6) is 0 Å². The van der Waals surface area contributed by atoms with E-state index in [0.29, 0.717) is 10.6 Å². The Morgan fingerprint density at radius 3 is 2.42 bits per heavy atom. The number of thioether (sulfide) groups is 1. The van der Waals surface area contributed by atoms with Gasteiger partial charge in [0.25, 0.3) is 0 Å². The molecule has 24 heavy (non-hydrogen) atoms. The van der Waals surface area contributed by atoms with Gasteiger partial charge in [0.15, 0.2) is 0 Å². The van der Waals surface area contributed by atoms with Crippen molar-refractivity contribution in [3.8, 4) is 0 Å². The number of carbonyl (C=O) groups is 1. The summed E-state index contributed by atoms with van der Waals surface area (Å²) in [5.74, 6) is -0.587. The number of esters is 1. The monoisotopic (exact) mass is 376 g/mol. The topological polar surface area (TPSA) is 96.2 Å². The van der Waals surface area contributed by atoms with E-state index >= 15 is 0 Å². The molecule has 134 valence electrons. The first-order valence-corrected chi connectivity index (χ1v) is 8.89. The molecule has 0 aromatic heterocycles. The van der Waals surface area contributed by atoms with Crippen LogP contribution in [0, 0.1) is 0 Å². The minimum absolute atomic E-state index is 0.157. The lowest BCUT2D eigenvalue weighted by molar-refractivity contribution is -0.205. The van der Waals surface area contributed by atoms with E-state index in [0.717, 1.165) is 0 Å². The maximum atomic E-state index is 12.0. The van der Waals surface area contributed by atoms with E-state index in [1.165, 1.54) is 23.9 Å². The minimum Gasteiger partial charge on any atom is -0.459 e. The zero-order valence-electron chi connectivity index (χ0n) is 13.3. The second kappa shape index (κ2) is 8.51. The fourth-order valence-corrected chi connectivity index (χ4v) is 3.45. The highest BCUT2D eigenvalue weighted by Crippen LogP contribution is 2.31. The second-order valence-electron chi connectivity index (χ2n) is 5.80. The number of rotatable bonds is 5. The fraction of sp³-hybridized carbons (Fsp3) is 0.562. The molecule has 3 N–H and O–H groups in total. The van der Waals surface area contributed by atoms with E-state index < -0.39 is 35.8 Å². The van der Waals surface area contributed by atoms with Crippen molar-refractivity contribution in [1.82, 2.24) is 0 Å². The summed E-state index contributed by atoms with van der Waals surface area (Å²) in [4.78, 5) is 12.0. The highest BCUT2D eigenvalue weighted by Gasteiger charge is 2.44. The van der Waals surface area contributed by atoms with Crippen molar-refractivity contribution in [1.29, 1.82) is 0 Å². The average Bonchev–Trinajstić information content (AvgIpc) is 2.54. The standard InChI is InChI=1S/C16H21ClO6S/c1-8(2)24-16-14(20)13(19)12(18)11(23-16)7-22-15(21)9-3-5-10(17)6-4-9/h3-6,8,11-14,16,18-20H,7H2,1-2H3/t11-,12+,13+,14-,16+/m1/s1. The highest BCUT2D eigenvalue weighted by molar-refractivity contribution is 8.00. The van der Waals surface area contributed by atoms with E-state index in [-0.39, 0.29) is 11.9 Å². The Balaban J connectivity index is 1.97. The van der Waals surface area contributed by atoms with Crippen LogP contribution in [0.2, 0.25) is 5.02 Å². The van der Waals surface area contributed by atoms with Gasteiger partial charge in [-0.3, -0.25) is 0 Å². The van der Waals surface area contributed by atoms with Crippen LogP contribution < -0.4 is 0 Å². The molecule has 0 amide bonds. The van der Waals surface area contributed by atoms with Crippen molar-refractivity contribution >= 4 is 29.3 Å². The van der Waals surface area contributed by atoms with E-state index in [2.05, 4.69) is 0 Å². The van der Waals surface area contributed by atoms with Crippen LogP contribution in [0.3, 0.4) is 0 Å². The molecule has 1 fully saturated rings. The molecule has 5 atom stereocenters. The molecule has 2 rings (SSSR count). The molecule has 1 saturated heterocycles. The van der Waals surface area contributed by atoms with Gasteiger partial charge in [-0.25, -0.2) is 4.79 Å². The average molecular weight is 377 g/mol. The van der Waals surface area contributed by atoms with Crippen LogP contribution in [-0.2, 0) is 9.47 Å². The Morgan fingerprint density at radius 2 is 1.83 bits per heavy atom. The van der Waals surface area contributed by atoms with Gasteiger partial charge >= 0.3 is 5.97 Å². The summed E-state index contributed by atoms with van der Waals surface area (Å²) >= 11 is 7.09. The van der Waals surface area contributed by atoms with Crippen LogP contribution in [0.25, 0.3) is 0 Å². The maximum absolute atomic E-state index is 12.0. The van der Waals surface area contributed by atoms with Crippen LogP contribution in [0.1, 0.15) is 24.2 Å². The van der Waals surface area contributed by atoms with Gasteiger partial charge in [0.05, 0.1) is 5.56 Å². The predicted molar refractivity (Wildman–Crippen MR) is 91.1 cm³/mol. The van der Waals surface area contributed by atoms with Crippen molar-refractivity contribution in [3.05, 3.63) is 34.9 Å². The number of benzene rings is 1. The van der Waals surface area contributed by atoms with E-state index in [1.807, 2.05) is 13.8 Å². The van der Waals surface area contributed by atoms with Gasteiger partial charge in [-0.2, -0.15) is 0 Å². The third-order valence-electron chi connectivity index (χ3n) is 3.53. The maximum Gasteiger partial charge on any atom is 0.338 e. The lowest BCUT2D eigenvalue weighted by Crippen LogP contribution is -2.58. The van der Waals surface area contributed by atoms with Gasteiger partial charge in [-0.15, -0.1) is 11.8 Å². The van der Waals surface area contributed by atoms with Crippen LogP contribution in [0.15, 0.2) is 24.3 Å². The zero-order valence-corrected chi connectivity index (χ0v) is 14.9. The van der Waals surface area contributed by atoms with Gasteiger partial charge in [0.1, 0.15) is 36.5 Å². The summed E-state index contributed by atoms with van der Waals surface area (Å²) in [5, 5.41) is 30.6.